The lowest BCUT2D eigenvalue weighted by Crippen LogP contribution is -2.31. The van der Waals surface area contributed by atoms with E-state index in [0.29, 0.717) is 17.8 Å². The summed E-state index contributed by atoms with van der Waals surface area (Å²) in [5, 5.41) is 0.221. The minimum Gasteiger partial charge on any atom is -0.379 e. The maximum Gasteiger partial charge on any atom is 0.330 e. The predicted octanol–water partition coefficient (Wildman–Crippen LogP) is 1.79. The van der Waals surface area contributed by atoms with Crippen LogP contribution in [0.1, 0.15) is 18.9 Å². The van der Waals surface area contributed by atoms with Gasteiger partial charge in [0, 0.05) is 13.7 Å². The van der Waals surface area contributed by atoms with Gasteiger partial charge in [-0.05, 0) is 24.4 Å². The van der Waals surface area contributed by atoms with Crippen molar-refractivity contribution in [1.82, 2.24) is 19.1 Å². The normalized spacial score (nSPS) is 20.1. The van der Waals surface area contributed by atoms with E-state index in [1.807, 2.05) is 0 Å². The number of aromatic nitrogens is 4. The Balaban J connectivity index is 2.29. The summed E-state index contributed by atoms with van der Waals surface area (Å²) < 4.78 is 8.48. The van der Waals surface area contributed by atoms with E-state index in [4.69, 9.17) is 27.9 Å². The van der Waals surface area contributed by atoms with Gasteiger partial charge < -0.3 is 4.74 Å². The van der Waals surface area contributed by atoms with Crippen molar-refractivity contribution in [1.29, 1.82) is 0 Å². The highest BCUT2D eigenvalue weighted by atomic mass is 35.5. The second kappa shape index (κ2) is 4.77. The average Bonchev–Trinajstić information content (AvgIpc) is 2.63. The van der Waals surface area contributed by atoms with Crippen LogP contribution in [0.2, 0.25) is 10.4 Å². The highest BCUT2D eigenvalue weighted by Crippen LogP contribution is 2.26. The van der Waals surface area contributed by atoms with Gasteiger partial charge >= 0.3 is 5.69 Å². The summed E-state index contributed by atoms with van der Waals surface area (Å²) in [5.41, 5.74) is 0.790. The van der Waals surface area contributed by atoms with Crippen molar-refractivity contribution in [3.63, 3.8) is 0 Å². The summed E-state index contributed by atoms with van der Waals surface area (Å²) >= 11 is 11.9. The van der Waals surface area contributed by atoms with E-state index in [-0.39, 0.29) is 22.2 Å². The molecule has 2 aromatic heterocycles. The van der Waals surface area contributed by atoms with Crippen molar-refractivity contribution in [3.05, 3.63) is 20.9 Å². The maximum absolute atomic E-state index is 12.4. The van der Waals surface area contributed by atoms with Crippen LogP contribution < -0.4 is 5.69 Å². The third-order valence-corrected chi connectivity index (χ3v) is 3.79. The number of halogens is 2. The zero-order valence-electron chi connectivity index (χ0n) is 10.3. The van der Waals surface area contributed by atoms with Crippen molar-refractivity contribution in [2.24, 2.45) is 7.05 Å². The van der Waals surface area contributed by atoms with E-state index >= 15 is 0 Å². The van der Waals surface area contributed by atoms with E-state index in [9.17, 15) is 4.79 Å². The predicted molar refractivity (Wildman–Crippen MR) is 71.9 cm³/mol. The molecule has 2 aromatic rings. The molecule has 6 nitrogen and oxygen atoms in total. The fraction of sp³-hybridized carbons (Fsp3) is 0.545. The van der Waals surface area contributed by atoms with Crippen LogP contribution in [0, 0.1) is 0 Å². The van der Waals surface area contributed by atoms with Crippen molar-refractivity contribution in [2.45, 2.75) is 18.9 Å². The van der Waals surface area contributed by atoms with Gasteiger partial charge in [-0.25, -0.2) is 9.78 Å². The molecule has 102 valence electrons. The SMILES string of the molecule is Cn1c(=O)n([C@H]2CCCOC2)c2nc(Cl)nc(Cl)c21. The molecule has 0 unspecified atom stereocenters. The Morgan fingerprint density at radius 1 is 1.37 bits per heavy atom. The molecule has 1 fully saturated rings. The van der Waals surface area contributed by atoms with Crippen LogP contribution in [0.15, 0.2) is 4.79 Å². The highest BCUT2D eigenvalue weighted by Gasteiger charge is 2.24. The Morgan fingerprint density at radius 2 is 2.16 bits per heavy atom. The molecule has 1 aliphatic heterocycles. The number of fused-ring (bicyclic) bond motifs is 1. The number of imidazole rings is 1. The van der Waals surface area contributed by atoms with Crippen LogP contribution in [0.5, 0.6) is 0 Å². The first kappa shape index (κ1) is 12.9. The molecule has 0 N–H and O–H groups in total. The third-order valence-electron chi connectivity index (χ3n) is 3.35. The third kappa shape index (κ3) is 2.04. The minimum atomic E-state index is -0.177. The van der Waals surface area contributed by atoms with Gasteiger partial charge in [-0.3, -0.25) is 9.13 Å². The van der Waals surface area contributed by atoms with Crippen LogP contribution in [-0.2, 0) is 11.8 Å². The summed E-state index contributed by atoms with van der Waals surface area (Å²) in [6.07, 6.45) is 1.79. The Labute approximate surface area is 118 Å². The lowest BCUT2D eigenvalue weighted by molar-refractivity contribution is 0.0591. The lowest BCUT2D eigenvalue weighted by Gasteiger charge is -2.22. The van der Waals surface area contributed by atoms with Crippen LogP contribution >= 0.6 is 23.2 Å². The van der Waals surface area contributed by atoms with E-state index < -0.39 is 0 Å². The largest absolute Gasteiger partial charge is 0.379 e. The fourth-order valence-electron chi connectivity index (χ4n) is 2.45. The number of ether oxygens (including phenoxy) is 1. The Morgan fingerprint density at radius 3 is 2.84 bits per heavy atom. The topological polar surface area (TPSA) is 61.9 Å². The Kier molecular flexibility index (Phi) is 3.24. The number of hydrogen-bond donors (Lipinski definition) is 0. The highest BCUT2D eigenvalue weighted by molar-refractivity contribution is 6.35. The smallest absolute Gasteiger partial charge is 0.330 e. The van der Waals surface area contributed by atoms with Gasteiger partial charge in [0.15, 0.2) is 10.8 Å². The molecule has 0 spiro atoms. The molecule has 1 saturated heterocycles. The molecular weight excluding hydrogens is 291 g/mol. The van der Waals surface area contributed by atoms with Crippen molar-refractivity contribution in [2.75, 3.05) is 13.2 Å². The van der Waals surface area contributed by atoms with Gasteiger partial charge in [-0.1, -0.05) is 11.6 Å². The first-order valence-electron chi connectivity index (χ1n) is 5.97. The van der Waals surface area contributed by atoms with Crippen LogP contribution in [0.3, 0.4) is 0 Å². The Hall–Kier alpha value is -1.11. The number of rotatable bonds is 1. The van der Waals surface area contributed by atoms with Crippen molar-refractivity contribution < 1.29 is 4.74 Å². The van der Waals surface area contributed by atoms with Gasteiger partial charge in [0.05, 0.1) is 12.6 Å². The van der Waals surface area contributed by atoms with E-state index in [1.165, 1.54) is 4.57 Å². The second-order valence-electron chi connectivity index (χ2n) is 4.54. The molecule has 3 heterocycles. The fourth-order valence-corrected chi connectivity index (χ4v) is 2.95. The van der Waals surface area contributed by atoms with Crippen LogP contribution in [0.4, 0.5) is 0 Å². The molecule has 0 saturated carbocycles. The zero-order chi connectivity index (χ0) is 13.6. The minimum absolute atomic E-state index is 0.0352. The van der Waals surface area contributed by atoms with Crippen molar-refractivity contribution in [3.8, 4) is 0 Å². The van der Waals surface area contributed by atoms with Gasteiger partial charge in [0.25, 0.3) is 0 Å². The van der Waals surface area contributed by atoms with Gasteiger partial charge in [0.1, 0.15) is 5.52 Å². The summed E-state index contributed by atoms with van der Waals surface area (Å²) in [7, 11) is 1.65. The first-order valence-corrected chi connectivity index (χ1v) is 6.73. The van der Waals surface area contributed by atoms with Crippen LogP contribution in [-0.4, -0.2) is 32.3 Å². The van der Waals surface area contributed by atoms with E-state index in [2.05, 4.69) is 9.97 Å². The molecule has 8 heteroatoms. The average molecular weight is 303 g/mol. The number of hydrogen-bond acceptors (Lipinski definition) is 4. The number of nitrogens with zero attached hydrogens (tertiary/aromatic N) is 4. The molecule has 0 bridgehead atoms. The molecule has 0 radical (unpaired) electrons. The second-order valence-corrected chi connectivity index (χ2v) is 5.23. The summed E-state index contributed by atoms with van der Waals surface area (Å²) in [4.78, 5) is 20.4. The summed E-state index contributed by atoms with van der Waals surface area (Å²) in [6, 6.07) is -0.0352. The van der Waals surface area contributed by atoms with E-state index in [1.54, 1.807) is 11.6 Å². The molecule has 19 heavy (non-hydrogen) atoms. The van der Waals surface area contributed by atoms with Gasteiger partial charge in [-0.15, -0.1) is 0 Å². The summed E-state index contributed by atoms with van der Waals surface area (Å²) in [5.74, 6) is 0. The van der Waals surface area contributed by atoms with Crippen LogP contribution in [0.25, 0.3) is 11.2 Å². The zero-order valence-corrected chi connectivity index (χ0v) is 11.8. The molecule has 0 amide bonds. The standard InChI is InChI=1S/C11H12Cl2N4O2/c1-16-7-8(12)14-10(13)15-9(7)17(11(16)18)6-3-2-4-19-5-6/h6H,2-5H2,1H3/t6-/m0/s1. The van der Waals surface area contributed by atoms with Crippen molar-refractivity contribution >= 4 is 34.4 Å². The molecule has 1 aliphatic rings. The monoisotopic (exact) mass is 302 g/mol. The molecular formula is C11H12Cl2N4O2. The number of aryl methyl sites for hydroxylation is 1. The molecule has 0 aromatic carbocycles. The van der Waals surface area contributed by atoms with Gasteiger partial charge in [0.2, 0.25) is 5.28 Å². The quantitative estimate of drug-likeness (QED) is 0.595. The lowest BCUT2D eigenvalue weighted by atomic mass is 10.1. The maximum atomic E-state index is 12.4. The van der Waals surface area contributed by atoms with Gasteiger partial charge in [-0.2, -0.15) is 4.98 Å². The molecule has 1 atom stereocenters. The Bertz CT molecular complexity index is 688. The first-order chi connectivity index (χ1) is 9.09. The molecule has 3 rings (SSSR count). The molecule has 0 aliphatic carbocycles. The van der Waals surface area contributed by atoms with E-state index in [0.717, 1.165) is 19.4 Å². The summed E-state index contributed by atoms with van der Waals surface area (Å²) in [6.45, 7) is 1.23.